The number of carbonyl (C=O) groups is 3. The molecule has 3 amide bonds. The third-order valence-corrected chi connectivity index (χ3v) is 6.97. The van der Waals surface area contributed by atoms with E-state index in [0.717, 1.165) is 12.1 Å². The summed E-state index contributed by atoms with van der Waals surface area (Å²) in [6.45, 7) is 1.64. The van der Waals surface area contributed by atoms with Crippen LogP contribution in [0.3, 0.4) is 0 Å². The highest BCUT2D eigenvalue weighted by Crippen LogP contribution is 2.32. The molecule has 2 atom stereocenters. The van der Waals surface area contributed by atoms with E-state index in [0.29, 0.717) is 27.9 Å². The number of halogens is 6. The normalized spacial score (nSPS) is 15.4. The number of benzene rings is 3. The maximum atomic E-state index is 13.2. The van der Waals surface area contributed by atoms with E-state index < -0.39 is 47.6 Å². The van der Waals surface area contributed by atoms with Crippen molar-refractivity contribution in [3.8, 4) is 11.1 Å². The smallest absolute Gasteiger partial charge is 0.350 e. The summed E-state index contributed by atoms with van der Waals surface area (Å²) < 4.78 is 77.6. The van der Waals surface area contributed by atoms with Gasteiger partial charge in [0.15, 0.2) is 0 Å². The molecule has 3 aromatic rings. The monoisotopic (exact) mass is 615 g/mol. The van der Waals surface area contributed by atoms with Crippen molar-refractivity contribution in [1.29, 1.82) is 0 Å². The van der Waals surface area contributed by atoms with Gasteiger partial charge >= 0.3 is 18.3 Å². The van der Waals surface area contributed by atoms with Crippen LogP contribution in [0.25, 0.3) is 11.1 Å². The molecule has 3 aromatic carbocycles. The molecular formula is C32H27F6N3O3. The lowest BCUT2D eigenvalue weighted by Gasteiger charge is -2.26. The first-order valence-electron chi connectivity index (χ1n) is 13.4. The predicted octanol–water partition coefficient (Wildman–Crippen LogP) is 6.73. The van der Waals surface area contributed by atoms with E-state index in [-0.39, 0.29) is 18.5 Å². The second-order valence-electron chi connectivity index (χ2n) is 10.1. The summed E-state index contributed by atoms with van der Waals surface area (Å²) in [4.78, 5) is 37.7. The summed E-state index contributed by atoms with van der Waals surface area (Å²) in [6.07, 6.45) is -2.86. The number of rotatable bonds is 8. The molecule has 44 heavy (non-hydrogen) atoms. The van der Waals surface area contributed by atoms with Gasteiger partial charge in [0.1, 0.15) is 6.04 Å². The molecule has 230 valence electrons. The Hall–Kier alpha value is -4.87. The molecule has 0 saturated heterocycles. The van der Waals surface area contributed by atoms with E-state index in [4.69, 9.17) is 0 Å². The molecule has 6 nitrogen and oxygen atoms in total. The van der Waals surface area contributed by atoms with Gasteiger partial charge in [-0.05, 0) is 59.9 Å². The number of amides is 3. The first-order valence-corrected chi connectivity index (χ1v) is 13.4. The van der Waals surface area contributed by atoms with Crippen LogP contribution in [0.5, 0.6) is 0 Å². The molecule has 1 unspecified atom stereocenters. The van der Waals surface area contributed by atoms with Crippen LogP contribution in [-0.2, 0) is 22.3 Å². The molecule has 3 N–H and O–H groups in total. The highest BCUT2D eigenvalue weighted by molar-refractivity contribution is 6.09. The summed E-state index contributed by atoms with van der Waals surface area (Å²) in [5.74, 6) is -4.17. The summed E-state index contributed by atoms with van der Waals surface area (Å²) >= 11 is 0. The van der Waals surface area contributed by atoms with Gasteiger partial charge < -0.3 is 16.0 Å². The SMILES string of the molecule is Cc1cc(CNC(=O)[C@@H](NC(=O)C(F)(F)F)C2C=CC=CC2)ccc1NC(=O)c1ccccc1-c1ccc(C(F)(F)F)cc1. The fourth-order valence-electron chi connectivity index (χ4n) is 4.67. The van der Waals surface area contributed by atoms with Gasteiger partial charge in [0.05, 0.1) is 5.56 Å². The Kier molecular flexibility index (Phi) is 9.61. The van der Waals surface area contributed by atoms with Gasteiger partial charge in [0.2, 0.25) is 5.91 Å². The molecule has 0 aromatic heterocycles. The molecule has 0 heterocycles. The number of hydrogen-bond donors (Lipinski definition) is 3. The maximum absolute atomic E-state index is 13.2. The van der Waals surface area contributed by atoms with Crippen molar-refractivity contribution >= 4 is 23.4 Å². The van der Waals surface area contributed by atoms with Crippen LogP contribution in [0.15, 0.2) is 91.0 Å². The second-order valence-corrected chi connectivity index (χ2v) is 10.1. The lowest BCUT2D eigenvalue weighted by atomic mass is 9.92. The van der Waals surface area contributed by atoms with E-state index in [1.54, 1.807) is 79.0 Å². The minimum atomic E-state index is -5.15. The highest BCUT2D eigenvalue weighted by Gasteiger charge is 2.42. The number of anilines is 1. The number of alkyl halides is 6. The Bertz CT molecular complexity index is 1590. The van der Waals surface area contributed by atoms with Crippen molar-refractivity contribution in [3.05, 3.63) is 113 Å². The van der Waals surface area contributed by atoms with Crippen LogP contribution < -0.4 is 16.0 Å². The van der Waals surface area contributed by atoms with Crippen molar-refractivity contribution in [2.45, 2.75) is 38.3 Å². The van der Waals surface area contributed by atoms with Crippen LogP contribution in [0, 0.1) is 12.8 Å². The quantitative estimate of drug-likeness (QED) is 0.246. The standard InChI is InChI=1S/C32H27F6N3O3/c1-19-17-20(18-39-29(43)27(22-7-3-2-4-8-22)41-30(44)32(36,37)38)11-16-26(19)40-28(42)25-10-6-5-9-24(25)21-12-14-23(15-13-21)31(33,34)35/h2-7,9-17,22,27H,8,18H2,1H3,(H,39,43)(H,40,42)(H,41,44)/t22?,27-/m0/s1. The lowest BCUT2D eigenvalue weighted by Crippen LogP contribution is -2.53. The van der Waals surface area contributed by atoms with Gasteiger partial charge in [0, 0.05) is 23.7 Å². The van der Waals surface area contributed by atoms with E-state index in [9.17, 15) is 40.7 Å². The number of aryl methyl sites for hydroxylation is 1. The summed E-state index contributed by atoms with van der Waals surface area (Å²) in [5.41, 5.74) is 1.92. The number of nitrogens with one attached hydrogen (secondary N) is 3. The summed E-state index contributed by atoms with van der Waals surface area (Å²) in [5, 5.41) is 7.14. The first-order chi connectivity index (χ1) is 20.7. The van der Waals surface area contributed by atoms with Crippen molar-refractivity contribution in [3.63, 3.8) is 0 Å². The highest BCUT2D eigenvalue weighted by atomic mass is 19.4. The Morgan fingerprint density at radius 1 is 0.909 bits per heavy atom. The van der Waals surface area contributed by atoms with Gasteiger partial charge in [0.25, 0.3) is 5.91 Å². The van der Waals surface area contributed by atoms with Crippen molar-refractivity contribution < 1.29 is 40.7 Å². The first kappa shape index (κ1) is 32.1. The molecule has 1 aliphatic carbocycles. The molecule has 0 radical (unpaired) electrons. The van der Waals surface area contributed by atoms with E-state index in [1.807, 2.05) is 0 Å². The van der Waals surface area contributed by atoms with Crippen molar-refractivity contribution in [1.82, 2.24) is 10.6 Å². The Balaban J connectivity index is 1.44. The van der Waals surface area contributed by atoms with E-state index in [2.05, 4.69) is 10.6 Å². The van der Waals surface area contributed by atoms with Crippen LogP contribution in [0.2, 0.25) is 0 Å². The fraction of sp³-hybridized carbons (Fsp3) is 0.219. The fourth-order valence-corrected chi connectivity index (χ4v) is 4.67. The lowest BCUT2D eigenvalue weighted by molar-refractivity contribution is -0.175. The van der Waals surface area contributed by atoms with Crippen LogP contribution in [-0.4, -0.2) is 29.9 Å². The topological polar surface area (TPSA) is 87.3 Å². The van der Waals surface area contributed by atoms with Crippen LogP contribution in [0.4, 0.5) is 32.0 Å². The van der Waals surface area contributed by atoms with Gasteiger partial charge in [-0.15, -0.1) is 0 Å². The zero-order valence-electron chi connectivity index (χ0n) is 23.2. The van der Waals surface area contributed by atoms with Gasteiger partial charge in [-0.3, -0.25) is 14.4 Å². The Morgan fingerprint density at radius 3 is 2.23 bits per heavy atom. The third-order valence-electron chi connectivity index (χ3n) is 6.97. The summed E-state index contributed by atoms with van der Waals surface area (Å²) in [7, 11) is 0. The van der Waals surface area contributed by atoms with Gasteiger partial charge in [-0.2, -0.15) is 26.3 Å². The van der Waals surface area contributed by atoms with Crippen molar-refractivity contribution in [2.75, 3.05) is 5.32 Å². The molecule has 0 saturated carbocycles. The molecule has 12 heteroatoms. The minimum absolute atomic E-state index is 0.0602. The van der Waals surface area contributed by atoms with E-state index >= 15 is 0 Å². The number of carbonyl (C=O) groups excluding carboxylic acids is 3. The maximum Gasteiger partial charge on any atom is 0.471 e. The number of hydrogen-bond acceptors (Lipinski definition) is 3. The molecule has 4 rings (SSSR count). The average Bonchev–Trinajstić information content (AvgIpc) is 2.99. The molecule has 0 aliphatic heterocycles. The number of allylic oxidation sites excluding steroid dienone is 3. The molecule has 0 fully saturated rings. The Morgan fingerprint density at radius 2 is 1.61 bits per heavy atom. The second kappa shape index (κ2) is 13.2. The summed E-state index contributed by atoms with van der Waals surface area (Å²) in [6, 6.07) is 14.4. The molecule has 1 aliphatic rings. The van der Waals surface area contributed by atoms with E-state index in [1.165, 1.54) is 12.1 Å². The third kappa shape index (κ3) is 7.94. The zero-order valence-corrected chi connectivity index (χ0v) is 23.2. The van der Waals surface area contributed by atoms with Crippen LogP contribution >= 0.6 is 0 Å². The van der Waals surface area contributed by atoms with Gasteiger partial charge in [-0.1, -0.05) is 66.8 Å². The molecule has 0 bridgehead atoms. The molecule has 0 spiro atoms. The minimum Gasteiger partial charge on any atom is -0.350 e. The molecular weight excluding hydrogens is 588 g/mol. The largest absolute Gasteiger partial charge is 0.471 e. The van der Waals surface area contributed by atoms with Gasteiger partial charge in [-0.25, -0.2) is 0 Å². The van der Waals surface area contributed by atoms with Crippen LogP contribution in [0.1, 0.15) is 33.5 Å². The average molecular weight is 616 g/mol. The zero-order chi connectivity index (χ0) is 32.1. The predicted molar refractivity (Wildman–Crippen MR) is 152 cm³/mol. The van der Waals surface area contributed by atoms with Crippen molar-refractivity contribution in [2.24, 2.45) is 5.92 Å². The Labute approximate surface area is 248 Å².